The van der Waals surface area contributed by atoms with Gasteiger partial charge in [0.15, 0.2) is 5.75 Å². The molecule has 0 bridgehead atoms. The van der Waals surface area contributed by atoms with E-state index in [9.17, 15) is 9.59 Å². The summed E-state index contributed by atoms with van der Waals surface area (Å²) in [4.78, 5) is 22.3. The first-order valence-corrected chi connectivity index (χ1v) is 4.70. The molecule has 5 nitrogen and oxygen atoms in total. The lowest BCUT2D eigenvalue weighted by Crippen LogP contribution is -2.20. The third-order valence-electron chi connectivity index (χ3n) is 1.94. The van der Waals surface area contributed by atoms with Crippen LogP contribution in [0.3, 0.4) is 0 Å². The molecule has 1 heterocycles. The Balaban J connectivity index is 3.33. The maximum Gasteiger partial charge on any atom is 0.341 e. The van der Waals surface area contributed by atoms with Gasteiger partial charge in [-0.05, 0) is 13.8 Å². The Morgan fingerprint density at radius 1 is 1.47 bits per heavy atom. The van der Waals surface area contributed by atoms with Gasteiger partial charge in [0.2, 0.25) is 5.43 Å². The predicted molar refractivity (Wildman–Crippen MR) is 54.5 cm³/mol. The fraction of sp³-hybridized carbons (Fsp3) is 0.400. The standard InChI is InChI=1S/C10H13NO4/c1-3-11-5-7(10(13)14)9(12)8(6-11)15-4-2/h5-6H,3-4H2,1-2H3,(H,13,14). The number of ether oxygens (including phenoxy) is 1. The van der Waals surface area contributed by atoms with E-state index in [1.54, 1.807) is 11.5 Å². The van der Waals surface area contributed by atoms with Gasteiger partial charge >= 0.3 is 5.97 Å². The van der Waals surface area contributed by atoms with Crippen LogP contribution in [0.4, 0.5) is 0 Å². The Hall–Kier alpha value is -1.78. The van der Waals surface area contributed by atoms with E-state index in [0.717, 1.165) is 0 Å². The number of aromatic carboxylic acids is 1. The molecule has 0 aliphatic rings. The van der Waals surface area contributed by atoms with E-state index >= 15 is 0 Å². The topological polar surface area (TPSA) is 68.5 Å². The Bertz CT molecular complexity index is 422. The SMILES string of the molecule is CCOc1cn(CC)cc(C(=O)O)c1=O. The van der Waals surface area contributed by atoms with Crippen LogP contribution >= 0.6 is 0 Å². The van der Waals surface area contributed by atoms with E-state index in [4.69, 9.17) is 9.84 Å². The first-order valence-electron chi connectivity index (χ1n) is 4.70. The van der Waals surface area contributed by atoms with E-state index in [-0.39, 0.29) is 11.3 Å². The molecule has 0 unspecified atom stereocenters. The highest BCUT2D eigenvalue weighted by molar-refractivity contribution is 5.87. The Morgan fingerprint density at radius 2 is 2.13 bits per heavy atom. The first kappa shape index (κ1) is 11.3. The van der Waals surface area contributed by atoms with Crippen molar-refractivity contribution in [1.82, 2.24) is 4.57 Å². The summed E-state index contributed by atoms with van der Waals surface area (Å²) in [7, 11) is 0. The third kappa shape index (κ3) is 2.37. The largest absolute Gasteiger partial charge is 0.488 e. The minimum Gasteiger partial charge on any atom is -0.488 e. The summed E-state index contributed by atoms with van der Waals surface area (Å²) in [5, 5.41) is 8.81. The Morgan fingerprint density at radius 3 is 2.60 bits per heavy atom. The van der Waals surface area contributed by atoms with Gasteiger partial charge in [-0.25, -0.2) is 4.79 Å². The van der Waals surface area contributed by atoms with Gasteiger partial charge in [0.25, 0.3) is 0 Å². The van der Waals surface area contributed by atoms with Crippen LogP contribution in [0.25, 0.3) is 0 Å². The van der Waals surface area contributed by atoms with Crippen LogP contribution in [-0.4, -0.2) is 22.2 Å². The molecule has 82 valence electrons. The van der Waals surface area contributed by atoms with Crippen LogP contribution in [0.5, 0.6) is 5.75 Å². The lowest BCUT2D eigenvalue weighted by atomic mass is 10.2. The fourth-order valence-electron chi connectivity index (χ4n) is 1.20. The predicted octanol–water partition coefficient (Wildman–Crippen LogP) is 0.965. The molecule has 0 saturated carbocycles. The highest BCUT2D eigenvalue weighted by atomic mass is 16.5. The second-order valence-corrected chi connectivity index (χ2v) is 2.93. The molecular formula is C10H13NO4. The van der Waals surface area contributed by atoms with Crippen molar-refractivity contribution in [2.75, 3.05) is 6.61 Å². The molecule has 0 aromatic carbocycles. The summed E-state index contributed by atoms with van der Waals surface area (Å²) >= 11 is 0. The second kappa shape index (κ2) is 4.63. The van der Waals surface area contributed by atoms with Crippen LogP contribution < -0.4 is 10.2 Å². The monoisotopic (exact) mass is 211 g/mol. The average molecular weight is 211 g/mol. The van der Waals surface area contributed by atoms with E-state index in [0.29, 0.717) is 13.2 Å². The highest BCUT2D eigenvalue weighted by Crippen LogP contribution is 2.06. The van der Waals surface area contributed by atoms with Crippen molar-refractivity contribution in [1.29, 1.82) is 0 Å². The molecular weight excluding hydrogens is 198 g/mol. The normalized spacial score (nSPS) is 10.0. The van der Waals surface area contributed by atoms with E-state index in [1.165, 1.54) is 12.4 Å². The van der Waals surface area contributed by atoms with Gasteiger partial charge in [-0.15, -0.1) is 0 Å². The van der Waals surface area contributed by atoms with Crippen molar-refractivity contribution in [2.45, 2.75) is 20.4 Å². The molecule has 0 spiro atoms. The lowest BCUT2D eigenvalue weighted by Gasteiger charge is -2.08. The van der Waals surface area contributed by atoms with E-state index < -0.39 is 11.4 Å². The quantitative estimate of drug-likeness (QED) is 0.805. The maximum absolute atomic E-state index is 11.5. The molecule has 0 radical (unpaired) electrons. The number of aromatic nitrogens is 1. The molecule has 5 heteroatoms. The number of hydrogen-bond acceptors (Lipinski definition) is 3. The zero-order valence-corrected chi connectivity index (χ0v) is 8.69. The number of carboxylic acids is 1. The fourth-order valence-corrected chi connectivity index (χ4v) is 1.20. The summed E-state index contributed by atoms with van der Waals surface area (Å²) in [6, 6.07) is 0. The number of carboxylic acid groups (broad SMARTS) is 1. The molecule has 1 aromatic rings. The summed E-state index contributed by atoms with van der Waals surface area (Å²) in [6.45, 7) is 4.51. The van der Waals surface area contributed by atoms with Gasteiger partial charge in [-0.2, -0.15) is 0 Å². The molecule has 1 N–H and O–H groups in total. The number of hydrogen-bond donors (Lipinski definition) is 1. The highest BCUT2D eigenvalue weighted by Gasteiger charge is 2.13. The number of nitrogens with zero attached hydrogens (tertiary/aromatic N) is 1. The van der Waals surface area contributed by atoms with Crippen LogP contribution in [0.2, 0.25) is 0 Å². The minimum absolute atomic E-state index is 0.0826. The van der Waals surface area contributed by atoms with Crippen molar-refractivity contribution in [3.05, 3.63) is 28.2 Å². The average Bonchev–Trinajstić information content (AvgIpc) is 2.21. The third-order valence-corrected chi connectivity index (χ3v) is 1.94. The van der Waals surface area contributed by atoms with Gasteiger partial charge in [-0.1, -0.05) is 0 Å². The van der Waals surface area contributed by atoms with Crippen LogP contribution in [0, 0.1) is 0 Å². The van der Waals surface area contributed by atoms with Crippen LogP contribution in [-0.2, 0) is 6.54 Å². The van der Waals surface area contributed by atoms with E-state index in [2.05, 4.69) is 0 Å². The smallest absolute Gasteiger partial charge is 0.341 e. The number of pyridine rings is 1. The Labute approximate surface area is 86.9 Å². The van der Waals surface area contributed by atoms with Crippen LogP contribution in [0.15, 0.2) is 17.2 Å². The van der Waals surface area contributed by atoms with Gasteiger partial charge in [-0.3, -0.25) is 4.79 Å². The lowest BCUT2D eigenvalue weighted by molar-refractivity contribution is 0.0693. The summed E-state index contributed by atoms with van der Waals surface area (Å²) in [5.41, 5.74) is -0.836. The van der Waals surface area contributed by atoms with Crippen molar-refractivity contribution in [3.63, 3.8) is 0 Å². The van der Waals surface area contributed by atoms with Crippen molar-refractivity contribution < 1.29 is 14.6 Å². The molecule has 0 aliphatic carbocycles. The summed E-state index contributed by atoms with van der Waals surface area (Å²) < 4.78 is 6.68. The summed E-state index contributed by atoms with van der Waals surface area (Å²) in [6.07, 6.45) is 2.82. The van der Waals surface area contributed by atoms with Crippen molar-refractivity contribution >= 4 is 5.97 Å². The van der Waals surface area contributed by atoms with Crippen LogP contribution in [0.1, 0.15) is 24.2 Å². The van der Waals surface area contributed by atoms with Gasteiger partial charge in [0.1, 0.15) is 5.56 Å². The molecule has 0 atom stereocenters. The molecule has 1 rings (SSSR count). The number of carbonyl (C=O) groups is 1. The molecule has 1 aromatic heterocycles. The first-order chi connectivity index (χ1) is 7.10. The number of rotatable bonds is 4. The molecule has 0 saturated heterocycles. The van der Waals surface area contributed by atoms with E-state index in [1.807, 2.05) is 6.92 Å². The second-order valence-electron chi connectivity index (χ2n) is 2.93. The summed E-state index contributed by atoms with van der Waals surface area (Å²) in [5.74, 6) is -1.15. The van der Waals surface area contributed by atoms with Crippen molar-refractivity contribution in [3.8, 4) is 5.75 Å². The van der Waals surface area contributed by atoms with Crippen molar-refractivity contribution in [2.24, 2.45) is 0 Å². The van der Waals surface area contributed by atoms with Gasteiger partial charge in [0.05, 0.1) is 12.8 Å². The molecule has 0 fully saturated rings. The molecule has 0 aliphatic heterocycles. The molecule has 15 heavy (non-hydrogen) atoms. The zero-order valence-electron chi connectivity index (χ0n) is 8.69. The van der Waals surface area contributed by atoms with Gasteiger partial charge < -0.3 is 14.4 Å². The molecule has 0 amide bonds. The minimum atomic E-state index is -1.23. The zero-order chi connectivity index (χ0) is 11.4. The Kier molecular flexibility index (Phi) is 3.49. The maximum atomic E-state index is 11.5. The van der Waals surface area contributed by atoms with Gasteiger partial charge in [0, 0.05) is 12.7 Å². The number of aryl methyl sites for hydroxylation is 1.